The minimum atomic E-state index is -4.02. The quantitative estimate of drug-likeness (QED) is 0.479. The summed E-state index contributed by atoms with van der Waals surface area (Å²) in [7, 11) is -4.02. The lowest BCUT2D eigenvalue weighted by Crippen LogP contribution is -2.38. The predicted molar refractivity (Wildman–Crippen MR) is 135 cm³/mol. The highest BCUT2D eigenvalue weighted by molar-refractivity contribution is 7.92. The second-order valence-corrected chi connectivity index (χ2v) is 9.88. The topological polar surface area (TPSA) is 95.6 Å². The molecule has 0 atom stereocenters. The maximum atomic E-state index is 13.5. The molecule has 0 saturated heterocycles. The highest BCUT2D eigenvalue weighted by Gasteiger charge is 2.27. The number of anilines is 2. The van der Waals surface area contributed by atoms with Crippen LogP contribution >= 0.6 is 0 Å². The SMILES string of the molecule is CCCNC(=O)c1ccccc1NC(=O)CN(c1cccc(C)c1)S(=O)(=O)c1ccc(C)cc1. The van der Waals surface area contributed by atoms with E-state index in [1.165, 1.54) is 12.1 Å². The van der Waals surface area contributed by atoms with Crippen molar-refractivity contribution in [2.45, 2.75) is 32.1 Å². The molecule has 0 aromatic heterocycles. The molecule has 0 bridgehead atoms. The Balaban J connectivity index is 1.92. The fraction of sp³-hybridized carbons (Fsp3) is 0.231. The van der Waals surface area contributed by atoms with Crippen molar-refractivity contribution in [1.82, 2.24) is 5.32 Å². The molecule has 0 spiro atoms. The van der Waals surface area contributed by atoms with Crippen molar-refractivity contribution in [2.75, 3.05) is 22.7 Å². The normalized spacial score (nSPS) is 11.0. The van der Waals surface area contributed by atoms with Gasteiger partial charge in [-0.3, -0.25) is 13.9 Å². The van der Waals surface area contributed by atoms with Gasteiger partial charge in [0.25, 0.3) is 15.9 Å². The monoisotopic (exact) mass is 479 g/mol. The van der Waals surface area contributed by atoms with Crippen molar-refractivity contribution in [2.24, 2.45) is 0 Å². The number of rotatable bonds is 9. The van der Waals surface area contributed by atoms with Crippen LogP contribution in [0.5, 0.6) is 0 Å². The molecule has 3 aromatic carbocycles. The van der Waals surface area contributed by atoms with Crippen LogP contribution < -0.4 is 14.9 Å². The smallest absolute Gasteiger partial charge is 0.264 e. The van der Waals surface area contributed by atoms with Gasteiger partial charge in [-0.2, -0.15) is 0 Å². The fourth-order valence-corrected chi connectivity index (χ4v) is 4.79. The van der Waals surface area contributed by atoms with Crippen molar-refractivity contribution in [3.63, 3.8) is 0 Å². The Morgan fingerprint density at radius 3 is 2.26 bits per heavy atom. The zero-order valence-electron chi connectivity index (χ0n) is 19.5. The summed E-state index contributed by atoms with van der Waals surface area (Å²) < 4.78 is 28.1. The van der Waals surface area contributed by atoms with Gasteiger partial charge < -0.3 is 10.6 Å². The number of carbonyl (C=O) groups is 2. The van der Waals surface area contributed by atoms with E-state index in [1.807, 2.05) is 26.8 Å². The van der Waals surface area contributed by atoms with Crippen molar-refractivity contribution in [3.8, 4) is 0 Å². The Hall–Kier alpha value is -3.65. The number of amides is 2. The van der Waals surface area contributed by atoms with Crippen LogP contribution in [0, 0.1) is 13.8 Å². The molecule has 34 heavy (non-hydrogen) atoms. The van der Waals surface area contributed by atoms with Gasteiger partial charge in [-0.05, 0) is 62.2 Å². The molecule has 0 unspecified atom stereocenters. The number of sulfonamides is 1. The molecular formula is C26H29N3O4S. The van der Waals surface area contributed by atoms with Crippen LogP contribution in [0.3, 0.4) is 0 Å². The molecule has 3 aromatic rings. The molecule has 0 saturated carbocycles. The van der Waals surface area contributed by atoms with E-state index in [-0.39, 0.29) is 10.8 Å². The lowest BCUT2D eigenvalue weighted by molar-refractivity contribution is -0.114. The zero-order valence-corrected chi connectivity index (χ0v) is 20.4. The van der Waals surface area contributed by atoms with Crippen molar-refractivity contribution in [3.05, 3.63) is 89.5 Å². The zero-order chi connectivity index (χ0) is 24.7. The number of hydrogen-bond donors (Lipinski definition) is 2. The maximum Gasteiger partial charge on any atom is 0.264 e. The van der Waals surface area contributed by atoms with E-state index in [1.54, 1.807) is 54.6 Å². The third kappa shape index (κ3) is 6.02. The molecule has 0 heterocycles. The highest BCUT2D eigenvalue weighted by Crippen LogP contribution is 2.25. The summed E-state index contributed by atoms with van der Waals surface area (Å²) in [5.74, 6) is -0.867. The first-order chi connectivity index (χ1) is 16.2. The van der Waals surface area contributed by atoms with Gasteiger partial charge in [0.1, 0.15) is 6.54 Å². The number of para-hydroxylation sites is 1. The van der Waals surface area contributed by atoms with E-state index in [4.69, 9.17) is 0 Å². The number of hydrogen-bond acceptors (Lipinski definition) is 4. The first-order valence-electron chi connectivity index (χ1n) is 11.1. The van der Waals surface area contributed by atoms with E-state index in [9.17, 15) is 18.0 Å². The van der Waals surface area contributed by atoms with E-state index in [2.05, 4.69) is 10.6 Å². The first kappa shape index (κ1) is 25.0. The minimum absolute atomic E-state index is 0.0896. The Bertz CT molecular complexity index is 1270. The van der Waals surface area contributed by atoms with Crippen LogP contribution in [-0.4, -0.2) is 33.3 Å². The third-order valence-corrected chi connectivity index (χ3v) is 6.96. The summed E-state index contributed by atoms with van der Waals surface area (Å²) in [4.78, 5) is 25.6. The molecule has 8 heteroatoms. The number of aryl methyl sites for hydroxylation is 2. The van der Waals surface area contributed by atoms with Gasteiger partial charge in [0, 0.05) is 6.54 Å². The Morgan fingerprint density at radius 1 is 0.882 bits per heavy atom. The van der Waals surface area contributed by atoms with Gasteiger partial charge in [0.15, 0.2) is 0 Å². The van der Waals surface area contributed by atoms with Crippen LogP contribution in [-0.2, 0) is 14.8 Å². The molecule has 2 amide bonds. The summed E-state index contributed by atoms with van der Waals surface area (Å²) >= 11 is 0. The maximum absolute atomic E-state index is 13.5. The predicted octanol–water partition coefficient (Wildman–Crippen LogP) is 4.28. The molecule has 7 nitrogen and oxygen atoms in total. The molecule has 178 valence electrons. The van der Waals surface area contributed by atoms with Gasteiger partial charge in [-0.15, -0.1) is 0 Å². The standard InChI is InChI=1S/C26H29N3O4S/c1-4-16-27-26(31)23-10-5-6-11-24(23)28-25(30)18-29(21-9-7-8-20(3)17-21)34(32,33)22-14-12-19(2)13-15-22/h5-15,17H,4,16,18H2,1-3H3,(H,27,31)(H,28,30). The molecule has 0 aliphatic carbocycles. The van der Waals surface area contributed by atoms with Crippen LogP contribution in [0.25, 0.3) is 0 Å². The lowest BCUT2D eigenvalue weighted by Gasteiger charge is -2.24. The van der Waals surface area contributed by atoms with E-state index < -0.39 is 22.5 Å². The van der Waals surface area contributed by atoms with E-state index in [0.717, 1.165) is 21.9 Å². The second kappa shape index (κ2) is 11.0. The van der Waals surface area contributed by atoms with Crippen molar-refractivity contribution < 1.29 is 18.0 Å². The van der Waals surface area contributed by atoms with Crippen LogP contribution in [0.2, 0.25) is 0 Å². The summed E-state index contributed by atoms with van der Waals surface area (Å²) in [5.41, 5.74) is 2.80. The molecule has 3 rings (SSSR count). The van der Waals surface area contributed by atoms with Crippen LogP contribution in [0.15, 0.2) is 77.7 Å². The number of nitrogens with one attached hydrogen (secondary N) is 2. The van der Waals surface area contributed by atoms with E-state index in [0.29, 0.717) is 23.5 Å². The second-order valence-electron chi connectivity index (χ2n) is 8.01. The molecule has 0 aliphatic heterocycles. The summed E-state index contributed by atoms with van der Waals surface area (Å²) in [6.07, 6.45) is 0.780. The summed E-state index contributed by atoms with van der Waals surface area (Å²) in [5, 5.41) is 5.50. The largest absolute Gasteiger partial charge is 0.352 e. The Morgan fingerprint density at radius 2 is 1.59 bits per heavy atom. The Kier molecular flexibility index (Phi) is 8.07. The summed E-state index contributed by atoms with van der Waals surface area (Å²) in [6.45, 7) is 5.73. The highest BCUT2D eigenvalue weighted by atomic mass is 32.2. The van der Waals surface area contributed by atoms with Gasteiger partial charge in [-0.1, -0.05) is 48.9 Å². The molecule has 0 radical (unpaired) electrons. The van der Waals surface area contributed by atoms with E-state index >= 15 is 0 Å². The van der Waals surface area contributed by atoms with Gasteiger partial charge in [-0.25, -0.2) is 8.42 Å². The third-order valence-electron chi connectivity index (χ3n) is 5.17. The number of carbonyl (C=O) groups excluding carboxylic acids is 2. The van der Waals surface area contributed by atoms with Crippen LogP contribution in [0.1, 0.15) is 34.8 Å². The molecular weight excluding hydrogens is 450 g/mol. The van der Waals surface area contributed by atoms with Crippen molar-refractivity contribution >= 4 is 33.2 Å². The molecule has 0 fully saturated rings. The molecule has 0 aliphatic rings. The van der Waals surface area contributed by atoms with Crippen molar-refractivity contribution in [1.29, 1.82) is 0 Å². The Labute approximate surface area is 200 Å². The van der Waals surface area contributed by atoms with Crippen LogP contribution in [0.4, 0.5) is 11.4 Å². The molecule has 2 N–H and O–H groups in total. The summed E-state index contributed by atoms with van der Waals surface area (Å²) in [6, 6.07) is 20.1. The number of benzene rings is 3. The van der Waals surface area contributed by atoms with Gasteiger partial charge in [0.05, 0.1) is 21.8 Å². The van der Waals surface area contributed by atoms with Gasteiger partial charge >= 0.3 is 0 Å². The lowest BCUT2D eigenvalue weighted by atomic mass is 10.1. The minimum Gasteiger partial charge on any atom is -0.352 e. The average Bonchev–Trinajstić information content (AvgIpc) is 2.81. The first-order valence-corrected chi connectivity index (χ1v) is 12.5. The van der Waals surface area contributed by atoms with Gasteiger partial charge in [0.2, 0.25) is 5.91 Å². The fourth-order valence-electron chi connectivity index (χ4n) is 3.38. The average molecular weight is 480 g/mol. The number of nitrogens with zero attached hydrogens (tertiary/aromatic N) is 1.